The molecular weight excluding hydrogens is 252 g/mol. The maximum atomic E-state index is 11.8. The van der Waals surface area contributed by atoms with E-state index < -0.39 is 12.0 Å². The first-order chi connectivity index (χ1) is 8.50. The molecule has 0 spiro atoms. The molecule has 0 radical (unpaired) electrons. The number of aliphatic carboxylic acids is 1. The zero-order chi connectivity index (χ0) is 13.5. The fourth-order valence-corrected chi connectivity index (χ4v) is 2.01. The van der Waals surface area contributed by atoms with Gasteiger partial charge in [0.1, 0.15) is 6.04 Å². The minimum atomic E-state index is -1.06. The Morgan fingerprint density at radius 3 is 2.56 bits per heavy atom. The van der Waals surface area contributed by atoms with Gasteiger partial charge in [-0.3, -0.25) is 9.59 Å². The van der Waals surface area contributed by atoms with Crippen molar-refractivity contribution >= 4 is 29.3 Å². The number of amides is 1. The summed E-state index contributed by atoms with van der Waals surface area (Å²) in [4.78, 5) is 22.3. The molecule has 1 unspecified atom stereocenters. The SMILES string of the molecule is CC(SC[C@H](N)C(=O)O)C(=O)Nc1ccccc1. The van der Waals surface area contributed by atoms with E-state index in [2.05, 4.69) is 5.32 Å². The predicted molar refractivity (Wildman–Crippen MR) is 72.6 cm³/mol. The first kappa shape index (κ1) is 14.5. The van der Waals surface area contributed by atoms with Crippen molar-refractivity contribution in [3.8, 4) is 0 Å². The highest BCUT2D eigenvalue weighted by atomic mass is 32.2. The smallest absolute Gasteiger partial charge is 0.321 e. The summed E-state index contributed by atoms with van der Waals surface area (Å²) in [6, 6.07) is 8.15. The molecule has 0 aromatic heterocycles. The van der Waals surface area contributed by atoms with Gasteiger partial charge >= 0.3 is 5.97 Å². The molecule has 1 rings (SSSR count). The largest absolute Gasteiger partial charge is 0.480 e. The number of thioether (sulfide) groups is 1. The van der Waals surface area contributed by atoms with Crippen LogP contribution in [0.25, 0.3) is 0 Å². The summed E-state index contributed by atoms with van der Waals surface area (Å²) in [6.45, 7) is 1.72. The second-order valence-corrected chi connectivity index (χ2v) is 5.15. The standard InChI is InChI=1S/C12H16N2O3S/c1-8(18-7-10(13)12(16)17)11(15)14-9-5-3-2-4-6-9/h2-6,8,10H,7,13H2,1H3,(H,14,15)(H,16,17)/t8?,10-/m0/s1. The molecule has 0 aliphatic carbocycles. The van der Waals surface area contributed by atoms with Crippen molar-refractivity contribution in [3.63, 3.8) is 0 Å². The number of carboxylic acids is 1. The highest BCUT2D eigenvalue weighted by molar-refractivity contribution is 8.00. The minimum absolute atomic E-state index is 0.163. The highest BCUT2D eigenvalue weighted by Crippen LogP contribution is 2.14. The molecule has 0 fully saturated rings. The fraction of sp³-hybridized carbons (Fsp3) is 0.333. The Hall–Kier alpha value is -1.53. The molecule has 1 aromatic carbocycles. The highest BCUT2D eigenvalue weighted by Gasteiger charge is 2.18. The van der Waals surface area contributed by atoms with E-state index in [1.54, 1.807) is 19.1 Å². The van der Waals surface area contributed by atoms with Crippen LogP contribution in [-0.2, 0) is 9.59 Å². The van der Waals surface area contributed by atoms with Gasteiger partial charge in [-0.1, -0.05) is 18.2 Å². The molecule has 1 amide bonds. The van der Waals surface area contributed by atoms with Crippen LogP contribution in [0.2, 0.25) is 0 Å². The first-order valence-electron chi connectivity index (χ1n) is 5.46. The minimum Gasteiger partial charge on any atom is -0.480 e. The van der Waals surface area contributed by atoms with Crippen molar-refractivity contribution in [1.82, 2.24) is 0 Å². The van der Waals surface area contributed by atoms with Gasteiger partial charge in [0.05, 0.1) is 5.25 Å². The molecule has 0 heterocycles. The normalized spacial score (nSPS) is 13.7. The Morgan fingerprint density at radius 1 is 1.39 bits per heavy atom. The molecular formula is C12H16N2O3S. The van der Waals surface area contributed by atoms with Gasteiger partial charge in [-0.05, 0) is 19.1 Å². The van der Waals surface area contributed by atoms with Crippen LogP contribution < -0.4 is 11.1 Å². The predicted octanol–water partition coefficient (Wildman–Crippen LogP) is 1.16. The second-order valence-electron chi connectivity index (χ2n) is 3.78. The number of benzene rings is 1. The maximum Gasteiger partial charge on any atom is 0.321 e. The average molecular weight is 268 g/mol. The summed E-state index contributed by atoms with van der Waals surface area (Å²) in [7, 11) is 0. The van der Waals surface area contributed by atoms with E-state index in [9.17, 15) is 9.59 Å². The lowest BCUT2D eigenvalue weighted by molar-refractivity contribution is -0.137. The van der Waals surface area contributed by atoms with Crippen LogP contribution in [0.5, 0.6) is 0 Å². The second kappa shape index (κ2) is 7.03. The molecule has 2 atom stereocenters. The quantitative estimate of drug-likeness (QED) is 0.720. The third-order valence-corrected chi connectivity index (χ3v) is 3.52. The Kier molecular flexibility index (Phi) is 5.67. The van der Waals surface area contributed by atoms with Gasteiger partial charge in [-0.15, -0.1) is 11.8 Å². The topological polar surface area (TPSA) is 92.4 Å². The number of hydrogen-bond donors (Lipinski definition) is 3. The molecule has 98 valence electrons. The van der Waals surface area contributed by atoms with E-state index in [1.807, 2.05) is 18.2 Å². The van der Waals surface area contributed by atoms with Crippen molar-refractivity contribution in [2.75, 3.05) is 11.1 Å². The number of carbonyl (C=O) groups is 2. The fourth-order valence-electron chi connectivity index (χ4n) is 1.16. The molecule has 1 aromatic rings. The number of carbonyl (C=O) groups excluding carboxylic acids is 1. The lowest BCUT2D eigenvalue weighted by Crippen LogP contribution is -2.34. The summed E-state index contributed by atoms with van der Waals surface area (Å²) in [5.41, 5.74) is 6.09. The summed E-state index contributed by atoms with van der Waals surface area (Å²) >= 11 is 1.22. The number of para-hydroxylation sites is 1. The van der Waals surface area contributed by atoms with Crippen LogP contribution in [0.15, 0.2) is 30.3 Å². The Morgan fingerprint density at radius 2 is 2.00 bits per heavy atom. The molecule has 18 heavy (non-hydrogen) atoms. The summed E-state index contributed by atoms with van der Waals surface area (Å²) in [6.07, 6.45) is 0. The lowest BCUT2D eigenvalue weighted by atomic mass is 10.3. The van der Waals surface area contributed by atoms with Crippen LogP contribution in [0.4, 0.5) is 5.69 Å². The van der Waals surface area contributed by atoms with Gasteiger partial charge < -0.3 is 16.2 Å². The molecule has 0 bridgehead atoms. The van der Waals surface area contributed by atoms with Crippen LogP contribution in [0, 0.1) is 0 Å². The first-order valence-corrected chi connectivity index (χ1v) is 6.51. The third-order valence-electron chi connectivity index (χ3n) is 2.25. The molecule has 5 nitrogen and oxygen atoms in total. The Balaban J connectivity index is 2.40. The van der Waals surface area contributed by atoms with E-state index in [-0.39, 0.29) is 16.9 Å². The van der Waals surface area contributed by atoms with Gasteiger partial charge in [0.15, 0.2) is 0 Å². The van der Waals surface area contributed by atoms with Crippen molar-refractivity contribution in [1.29, 1.82) is 0 Å². The van der Waals surface area contributed by atoms with Crippen molar-refractivity contribution in [2.45, 2.75) is 18.2 Å². The number of hydrogen-bond acceptors (Lipinski definition) is 4. The van der Waals surface area contributed by atoms with E-state index in [0.29, 0.717) is 0 Å². The monoisotopic (exact) mass is 268 g/mol. The van der Waals surface area contributed by atoms with E-state index in [4.69, 9.17) is 10.8 Å². The molecule has 0 saturated carbocycles. The average Bonchev–Trinajstić information content (AvgIpc) is 2.36. The van der Waals surface area contributed by atoms with Gasteiger partial charge in [0.2, 0.25) is 5.91 Å². The third kappa shape index (κ3) is 4.77. The van der Waals surface area contributed by atoms with Crippen molar-refractivity contribution < 1.29 is 14.7 Å². The van der Waals surface area contributed by atoms with Crippen molar-refractivity contribution in [3.05, 3.63) is 30.3 Å². The number of nitrogens with two attached hydrogens (primary N) is 1. The lowest BCUT2D eigenvalue weighted by Gasteiger charge is -2.13. The number of carboxylic acid groups (broad SMARTS) is 1. The number of nitrogens with one attached hydrogen (secondary N) is 1. The zero-order valence-electron chi connectivity index (χ0n) is 10.00. The van der Waals surface area contributed by atoms with E-state index >= 15 is 0 Å². The van der Waals surface area contributed by atoms with Crippen LogP contribution in [0.1, 0.15) is 6.92 Å². The number of anilines is 1. The van der Waals surface area contributed by atoms with Gasteiger partial charge in [-0.25, -0.2) is 0 Å². The summed E-state index contributed by atoms with van der Waals surface area (Å²) < 4.78 is 0. The summed E-state index contributed by atoms with van der Waals surface area (Å²) in [5, 5.41) is 11.0. The molecule has 6 heteroatoms. The van der Waals surface area contributed by atoms with Crippen LogP contribution in [-0.4, -0.2) is 34.0 Å². The Labute approximate surface area is 110 Å². The van der Waals surface area contributed by atoms with Crippen LogP contribution >= 0.6 is 11.8 Å². The zero-order valence-corrected chi connectivity index (χ0v) is 10.8. The Bertz CT molecular complexity index is 411. The molecule has 4 N–H and O–H groups in total. The van der Waals surface area contributed by atoms with Crippen LogP contribution in [0.3, 0.4) is 0 Å². The van der Waals surface area contributed by atoms with Crippen molar-refractivity contribution in [2.24, 2.45) is 5.73 Å². The molecule has 0 aliphatic rings. The molecule has 0 aliphatic heterocycles. The van der Waals surface area contributed by atoms with E-state index in [0.717, 1.165) is 5.69 Å². The molecule has 0 saturated heterocycles. The maximum absolute atomic E-state index is 11.8. The van der Waals surface area contributed by atoms with E-state index in [1.165, 1.54) is 11.8 Å². The van der Waals surface area contributed by atoms with Gasteiger partial charge in [0.25, 0.3) is 0 Å². The number of rotatable bonds is 6. The van der Waals surface area contributed by atoms with Gasteiger partial charge in [-0.2, -0.15) is 0 Å². The summed E-state index contributed by atoms with van der Waals surface area (Å²) in [5.74, 6) is -1.01. The van der Waals surface area contributed by atoms with Gasteiger partial charge in [0, 0.05) is 11.4 Å².